The Morgan fingerprint density at radius 3 is 2.73 bits per heavy atom. The lowest BCUT2D eigenvalue weighted by atomic mass is 10.2. The number of aryl methyl sites for hydroxylation is 1. The van der Waals surface area contributed by atoms with Crippen LogP contribution in [-0.4, -0.2) is 35.8 Å². The largest absolute Gasteiger partial charge is 0.495 e. The van der Waals surface area contributed by atoms with E-state index in [4.69, 9.17) is 21.1 Å². The number of amides is 1. The molecule has 0 saturated carbocycles. The van der Waals surface area contributed by atoms with Gasteiger partial charge in [0.25, 0.3) is 0 Å². The zero-order chi connectivity index (χ0) is 18.7. The Morgan fingerprint density at radius 1 is 1.23 bits per heavy atom. The number of imidazole rings is 1. The second-order valence-corrected chi connectivity index (χ2v) is 6.96. The van der Waals surface area contributed by atoms with Crippen LogP contribution in [0.2, 0.25) is 5.02 Å². The van der Waals surface area contributed by atoms with Crippen LogP contribution in [0.25, 0.3) is 11.0 Å². The van der Waals surface area contributed by atoms with Crippen molar-refractivity contribution in [3.8, 4) is 11.5 Å². The summed E-state index contributed by atoms with van der Waals surface area (Å²) >= 11 is 7.45. The fourth-order valence-corrected chi connectivity index (χ4v) is 3.37. The highest BCUT2D eigenvalue weighted by Gasteiger charge is 2.13. The van der Waals surface area contributed by atoms with Crippen molar-refractivity contribution in [2.24, 2.45) is 0 Å². The molecular weight excluding hydrogens is 374 g/mol. The number of nitrogens with zero attached hydrogens (tertiary/aromatic N) is 1. The van der Waals surface area contributed by atoms with Gasteiger partial charge in [0.1, 0.15) is 11.5 Å². The molecule has 2 N–H and O–H groups in total. The number of methoxy groups -OCH3 is 2. The number of ether oxygens (including phenoxy) is 2. The van der Waals surface area contributed by atoms with E-state index in [0.29, 0.717) is 27.4 Å². The lowest BCUT2D eigenvalue weighted by Gasteiger charge is -2.12. The third kappa shape index (κ3) is 4.05. The normalized spacial score (nSPS) is 10.8. The van der Waals surface area contributed by atoms with E-state index in [-0.39, 0.29) is 11.7 Å². The summed E-state index contributed by atoms with van der Waals surface area (Å²) in [6.45, 7) is 2.02. The summed E-state index contributed by atoms with van der Waals surface area (Å²) in [5.74, 6) is 0.967. The number of nitrogens with one attached hydrogen (secondary N) is 2. The zero-order valence-electron chi connectivity index (χ0n) is 14.6. The van der Waals surface area contributed by atoms with E-state index in [2.05, 4.69) is 15.3 Å². The molecule has 1 amide bonds. The highest BCUT2D eigenvalue weighted by Crippen LogP contribution is 2.36. The van der Waals surface area contributed by atoms with Crippen molar-refractivity contribution in [1.82, 2.24) is 9.97 Å². The van der Waals surface area contributed by atoms with E-state index in [9.17, 15) is 4.79 Å². The van der Waals surface area contributed by atoms with Crippen molar-refractivity contribution in [2.75, 3.05) is 25.3 Å². The molecule has 1 aromatic heterocycles. The van der Waals surface area contributed by atoms with Crippen LogP contribution in [0, 0.1) is 6.92 Å². The van der Waals surface area contributed by atoms with E-state index in [1.165, 1.54) is 26.0 Å². The summed E-state index contributed by atoms with van der Waals surface area (Å²) in [6.07, 6.45) is 0. The number of benzene rings is 2. The number of hydrogen-bond donors (Lipinski definition) is 2. The predicted molar refractivity (Wildman–Crippen MR) is 105 cm³/mol. The molecule has 0 bridgehead atoms. The molecule has 1 heterocycles. The molecule has 0 aliphatic heterocycles. The molecule has 0 unspecified atom stereocenters. The van der Waals surface area contributed by atoms with Crippen LogP contribution in [-0.2, 0) is 4.79 Å². The van der Waals surface area contributed by atoms with Crippen LogP contribution < -0.4 is 14.8 Å². The quantitative estimate of drug-likeness (QED) is 0.613. The molecule has 3 rings (SSSR count). The van der Waals surface area contributed by atoms with Crippen LogP contribution in [0.4, 0.5) is 5.69 Å². The van der Waals surface area contributed by atoms with Crippen molar-refractivity contribution in [3.63, 3.8) is 0 Å². The number of H-pyrrole nitrogens is 1. The van der Waals surface area contributed by atoms with Gasteiger partial charge in [-0.25, -0.2) is 4.98 Å². The monoisotopic (exact) mass is 391 g/mol. The smallest absolute Gasteiger partial charge is 0.234 e. The average molecular weight is 392 g/mol. The van der Waals surface area contributed by atoms with Crippen molar-refractivity contribution in [2.45, 2.75) is 12.1 Å². The predicted octanol–water partition coefficient (Wildman–Crippen LogP) is 4.27. The van der Waals surface area contributed by atoms with Gasteiger partial charge in [-0.1, -0.05) is 29.4 Å². The summed E-state index contributed by atoms with van der Waals surface area (Å²) in [5, 5.41) is 3.89. The number of thioether (sulfide) groups is 1. The SMILES string of the molecule is COc1cc(OC)c(NC(=O)CSc2nc3ccc(C)cc3[nH]2)cc1Cl. The van der Waals surface area contributed by atoms with E-state index < -0.39 is 0 Å². The summed E-state index contributed by atoms with van der Waals surface area (Å²) in [4.78, 5) is 20.0. The molecule has 3 aromatic rings. The standard InChI is InChI=1S/C18H18ClN3O3S/c1-10-4-5-12-13(6-10)22-18(21-12)26-9-17(23)20-14-7-11(19)15(24-2)8-16(14)25-3/h4-8H,9H2,1-3H3,(H,20,23)(H,21,22). The molecule has 0 radical (unpaired) electrons. The molecule has 0 spiro atoms. The first kappa shape index (κ1) is 18.4. The van der Waals surface area contributed by atoms with Gasteiger partial charge in [-0.05, 0) is 30.7 Å². The van der Waals surface area contributed by atoms with E-state index in [1.54, 1.807) is 12.1 Å². The maximum atomic E-state index is 12.3. The lowest BCUT2D eigenvalue weighted by Crippen LogP contribution is -2.15. The molecule has 2 aromatic carbocycles. The van der Waals surface area contributed by atoms with Crippen molar-refractivity contribution in [3.05, 3.63) is 40.9 Å². The van der Waals surface area contributed by atoms with E-state index in [1.807, 2.05) is 25.1 Å². The Labute approximate surface area is 160 Å². The Bertz CT molecular complexity index is 958. The van der Waals surface area contributed by atoms with E-state index >= 15 is 0 Å². The molecule has 6 nitrogen and oxygen atoms in total. The first-order chi connectivity index (χ1) is 12.5. The molecule has 0 saturated heterocycles. The first-order valence-electron chi connectivity index (χ1n) is 7.80. The van der Waals surface area contributed by atoms with Gasteiger partial charge in [0.05, 0.1) is 41.7 Å². The molecule has 26 heavy (non-hydrogen) atoms. The molecule has 0 aliphatic carbocycles. The third-order valence-electron chi connectivity index (χ3n) is 3.70. The number of carbonyl (C=O) groups is 1. The van der Waals surface area contributed by atoms with Crippen LogP contribution >= 0.6 is 23.4 Å². The number of hydrogen-bond acceptors (Lipinski definition) is 5. The Balaban J connectivity index is 1.67. The fourth-order valence-electron chi connectivity index (χ4n) is 2.45. The molecule has 0 aliphatic rings. The van der Waals surface area contributed by atoms with Gasteiger partial charge in [0.15, 0.2) is 5.16 Å². The lowest BCUT2D eigenvalue weighted by molar-refractivity contribution is -0.113. The summed E-state index contributed by atoms with van der Waals surface area (Å²) in [6, 6.07) is 9.22. The number of aromatic amines is 1. The number of rotatable bonds is 6. The minimum Gasteiger partial charge on any atom is -0.495 e. The summed E-state index contributed by atoms with van der Waals surface area (Å²) < 4.78 is 10.4. The minimum absolute atomic E-state index is 0.189. The topological polar surface area (TPSA) is 76.2 Å². The maximum absolute atomic E-state index is 12.3. The maximum Gasteiger partial charge on any atom is 0.234 e. The van der Waals surface area contributed by atoms with Gasteiger partial charge in [0.2, 0.25) is 5.91 Å². The number of fused-ring (bicyclic) bond motifs is 1. The first-order valence-corrected chi connectivity index (χ1v) is 9.17. The van der Waals surface area contributed by atoms with Crippen molar-refractivity contribution in [1.29, 1.82) is 0 Å². The van der Waals surface area contributed by atoms with Gasteiger partial charge in [0, 0.05) is 6.07 Å². The number of aromatic nitrogens is 2. The van der Waals surface area contributed by atoms with Gasteiger partial charge in [-0.15, -0.1) is 0 Å². The molecule has 8 heteroatoms. The van der Waals surface area contributed by atoms with Crippen LogP contribution in [0.1, 0.15) is 5.56 Å². The minimum atomic E-state index is -0.189. The number of halogens is 1. The van der Waals surface area contributed by atoms with Gasteiger partial charge >= 0.3 is 0 Å². The molecule has 136 valence electrons. The highest BCUT2D eigenvalue weighted by atomic mass is 35.5. The fraction of sp³-hybridized carbons (Fsp3) is 0.222. The average Bonchev–Trinajstić information content (AvgIpc) is 3.02. The second-order valence-electron chi connectivity index (χ2n) is 5.59. The van der Waals surface area contributed by atoms with Crippen LogP contribution in [0.15, 0.2) is 35.5 Å². The van der Waals surface area contributed by atoms with Crippen LogP contribution in [0.3, 0.4) is 0 Å². The summed E-state index contributed by atoms with van der Waals surface area (Å²) in [5.41, 5.74) is 3.47. The van der Waals surface area contributed by atoms with Crippen molar-refractivity contribution >= 4 is 46.0 Å². The van der Waals surface area contributed by atoms with Crippen LogP contribution in [0.5, 0.6) is 11.5 Å². The number of anilines is 1. The molecule has 0 fully saturated rings. The third-order valence-corrected chi connectivity index (χ3v) is 4.87. The van der Waals surface area contributed by atoms with E-state index in [0.717, 1.165) is 16.6 Å². The van der Waals surface area contributed by atoms with Gasteiger partial charge < -0.3 is 19.8 Å². The van der Waals surface area contributed by atoms with Gasteiger partial charge in [-0.2, -0.15) is 0 Å². The van der Waals surface area contributed by atoms with Gasteiger partial charge in [-0.3, -0.25) is 4.79 Å². The summed E-state index contributed by atoms with van der Waals surface area (Å²) in [7, 11) is 3.04. The molecular formula is C18H18ClN3O3S. The Morgan fingerprint density at radius 2 is 2.00 bits per heavy atom. The Hall–Kier alpha value is -2.38. The number of carbonyl (C=O) groups excluding carboxylic acids is 1. The zero-order valence-corrected chi connectivity index (χ0v) is 16.1. The second kappa shape index (κ2) is 7.88. The van der Waals surface area contributed by atoms with Crippen molar-refractivity contribution < 1.29 is 14.3 Å². The Kier molecular flexibility index (Phi) is 5.58. The molecule has 0 atom stereocenters. The highest BCUT2D eigenvalue weighted by molar-refractivity contribution is 7.99.